The number of hydrogen-bond acceptors (Lipinski definition) is 7. The van der Waals surface area contributed by atoms with Crippen LogP contribution in [0.1, 0.15) is 0 Å². The summed E-state index contributed by atoms with van der Waals surface area (Å²) in [6.45, 7) is 4.35. The van der Waals surface area contributed by atoms with Crippen molar-refractivity contribution in [3.8, 4) is 6.07 Å². The molecule has 0 aromatic rings. The van der Waals surface area contributed by atoms with Crippen LogP contribution in [0.2, 0.25) is 0 Å². The average molecular weight is 311 g/mol. The van der Waals surface area contributed by atoms with Crippen LogP contribution in [0.3, 0.4) is 0 Å². The highest BCUT2D eigenvalue weighted by molar-refractivity contribution is 5.97. The van der Waals surface area contributed by atoms with Gasteiger partial charge in [-0.2, -0.15) is 5.26 Å². The van der Waals surface area contributed by atoms with Crippen LogP contribution < -0.4 is 5.73 Å². The fourth-order valence-electron chi connectivity index (χ4n) is 2.34. The largest absolute Gasteiger partial charge is 0.395 e. The van der Waals surface area contributed by atoms with Crippen molar-refractivity contribution in [1.29, 1.82) is 5.26 Å². The SMILES string of the molecule is N#C/C(=C/N(CCO)CCO)C(=O)N1CCN(CCN)CC1. The third-order valence-electron chi connectivity index (χ3n) is 3.54. The summed E-state index contributed by atoms with van der Waals surface area (Å²) in [4.78, 5) is 17.8. The van der Waals surface area contributed by atoms with Crippen LogP contribution in [-0.4, -0.2) is 96.4 Å². The Morgan fingerprint density at radius 3 is 2.27 bits per heavy atom. The lowest BCUT2D eigenvalue weighted by atomic mass is 10.2. The summed E-state index contributed by atoms with van der Waals surface area (Å²) in [6, 6.07) is 1.91. The number of hydrogen-bond donors (Lipinski definition) is 3. The Hall–Kier alpha value is -1.66. The van der Waals surface area contributed by atoms with Gasteiger partial charge in [0.15, 0.2) is 0 Å². The second-order valence-electron chi connectivity index (χ2n) is 5.06. The monoisotopic (exact) mass is 311 g/mol. The molecule has 0 saturated carbocycles. The molecule has 22 heavy (non-hydrogen) atoms. The fourth-order valence-corrected chi connectivity index (χ4v) is 2.34. The van der Waals surface area contributed by atoms with Gasteiger partial charge in [0, 0.05) is 58.6 Å². The van der Waals surface area contributed by atoms with E-state index in [1.165, 1.54) is 6.20 Å². The van der Waals surface area contributed by atoms with E-state index in [0.717, 1.165) is 19.6 Å². The van der Waals surface area contributed by atoms with Crippen LogP contribution in [0.15, 0.2) is 11.8 Å². The van der Waals surface area contributed by atoms with Gasteiger partial charge < -0.3 is 25.7 Å². The van der Waals surface area contributed by atoms with Crippen molar-refractivity contribution in [3.63, 3.8) is 0 Å². The Morgan fingerprint density at radius 1 is 1.23 bits per heavy atom. The molecule has 0 aliphatic carbocycles. The van der Waals surface area contributed by atoms with Crippen LogP contribution in [0, 0.1) is 11.3 Å². The molecule has 0 spiro atoms. The van der Waals surface area contributed by atoms with Gasteiger partial charge in [0.1, 0.15) is 11.6 Å². The van der Waals surface area contributed by atoms with E-state index in [1.54, 1.807) is 9.80 Å². The van der Waals surface area contributed by atoms with Crippen molar-refractivity contribution >= 4 is 5.91 Å². The van der Waals surface area contributed by atoms with E-state index < -0.39 is 0 Å². The van der Waals surface area contributed by atoms with E-state index >= 15 is 0 Å². The summed E-state index contributed by atoms with van der Waals surface area (Å²) in [5, 5.41) is 27.1. The summed E-state index contributed by atoms with van der Waals surface area (Å²) >= 11 is 0. The number of carbonyl (C=O) groups excluding carboxylic acids is 1. The number of aliphatic hydroxyl groups excluding tert-OH is 2. The first kappa shape index (κ1) is 18.4. The molecule has 124 valence electrons. The Morgan fingerprint density at radius 2 is 1.82 bits per heavy atom. The molecule has 0 bridgehead atoms. The predicted molar refractivity (Wildman–Crippen MR) is 81.5 cm³/mol. The molecule has 1 rings (SSSR count). The smallest absolute Gasteiger partial charge is 0.266 e. The normalized spacial score (nSPS) is 16.5. The second kappa shape index (κ2) is 10.1. The molecular weight excluding hydrogens is 286 g/mol. The minimum Gasteiger partial charge on any atom is -0.395 e. The Bertz CT molecular complexity index is 407. The van der Waals surface area contributed by atoms with Gasteiger partial charge in [0.05, 0.1) is 13.2 Å². The van der Waals surface area contributed by atoms with Gasteiger partial charge in [-0.3, -0.25) is 9.69 Å². The van der Waals surface area contributed by atoms with E-state index in [1.807, 2.05) is 6.07 Å². The molecule has 0 atom stereocenters. The number of piperazine rings is 1. The van der Waals surface area contributed by atoms with E-state index in [2.05, 4.69) is 4.90 Å². The number of nitrogens with two attached hydrogens (primary N) is 1. The molecule has 1 saturated heterocycles. The van der Waals surface area contributed by atoms with Gasteiger partial charge >= 0.3 is 0 Å². The minimum absolute atomic E-state index is 0.0224. The van der Waals surface area contributed by atoms with Crippen molar-refractivity contribution in [2.24, 2.45) is 5.73 Å². The molecule has 0 aromatic heterocycles. The molecule has 0 radical (unpaired) electrons. The van der Waals surface area contributed by atoms with Crippen LogP contribution >= 0.6 is 0 Å². The van der Waals surface area contributed by atoms with Crippen LogP contribution in [0.5, 0.6) is 0 Å². The molecule has 0 aromatic carbocycles. The topological polar surface area (TPSA) is 117 Å². The summed E-state index contributed by atoms with van der Waals surface area (Å²) < 4.78 is 0. The molecule has 1 aliphatic heterocycles. The summed E-state index contributed by atoms with van der Waals surface area (Å²) in [5.74, 6) is -0.309. The molecule has 1 heterocycles. The zero-order valence-electron chi connectivity index (χ0n) is 12.8. The van der Waals surface area contributed by atoms with Crippen molar-refractivity contribution in [2.45, 2.75) is 0 Å². The van der Waals surface area contributed by atoms with E-state index in [9.17, 15) is 10.1 Å². The number of nitriles is 1. The van der Waals surface area contributed by atoms with Crippen LogP contribution in [0.4, 0.5) is 0 Å². The number of carbonyl (C=O) groups is 1. The van der Waals surface area contributed by atoms with Gasteiger partial charge in [0.25, 0.3) is 5.91 Å². The lowest BCUT2D eigenvalue weighted by Crippen LogP contribution is -2.50. The molecule has 0 unspecified atom stereocenters. The molecule has 4 N–H and O–H groups in total. The molecule has 8 nitrogen and oxygen atoms in total. The average Bonchev–Trinajstić information content (AvgIpc) is 2.53. The summed E-state index contributed by atoms with van der Waals surface area (Å²) in [6.07, 6.45) is 1.42. The fraction of sp³-hybridized carbons (Fsp3) is 0.714. The molecule has 1 amide bonds. The van der Waals surface area contributed by atoms with Gasteiger partial charge in [-0.1, -0.05) is 0 Å². The summed E-state index contributed by atoms with van der Waals surface area (Å²) in [5.41, 5.74) is 5.54. The number of nitrogens with zero attached hydrogens (tertiary/aromatic N) is 4. The highest BCUT2D eigenvalue weighted by Gasteiger charge is 2.23. The first-order valence-corrected chi connectivity index (χ1v) is 7.45. The third kappa shape index (κ3) is 5.61. The lowest BCUT2D eigenvalue weighted by molar-refractivity contribution is -0.128. The number of aliphatic hydroxyl groups is 2. The zero-order chi connectivity index (χ0) is 16.4. The Balaban J connectivity index is 2.66. The van der Waals surface area contributed by atoms with Crippen molar-refractivity contribution in [3.05, 3.63) is 11.8 Å². The van der Waals surface area contributed by atoms with Crippen LogP contribution in [0.25, 0.3) is 0 Å². The minimum atomic E-state index is -0.309. The van der Waals surface area contributed by atoms with E-state index in [0.29, 0.717) is 19.6 Å². The Kier molecular flexibility index (Phi) is 8.47. The standard InChI is InChI=1S/C14H25N5O3/c15-1-2-17-3-5-19(6-4-17)14(22)13(11-16)12-18(7-9-20)8-10-21/h12,20-21H,1-10,15H2/b13-12-. The van der Waals surface area contributed by atoms with Gasteiger partial charge in [-0.25, -0.2) is 0 Å². The van der Waals surface area contributed by atoms with Crippen molar-refractivity contribution in [1.82, 2.24) is 14.7 Å². The highest BCUT2D eigenvalue weighted by Crippen LogP contribution is 2.08. The van der Waals surface area contributed by atoms with E-state index in [4.69, 9.17) is 15.9 Å². The van der Waals surface area contributed by atoms with Crippen molar-refractivity contribution < 1.29 is 15.0 Å². The molecule has 8 heteroatoms. The Labute approximate surface area is 131 Å². The van der Waals surface area contributed by atoms with Gasteiger partial charge in [-0.15, -0.1) is 0 Å². The maximum atomic E-state index is 12.4. The van der Waals surface area contributed by atoms with Crippen molar-refractivity contribution in [2.75, 3.05) is 65.6 Å². The van der Waals surface area contributed by atoms with Gasteiger partial charge in [0.2, 0.25) is 0 Å². The quantitative estimate of drug-likeness (QED) is 0.343. The first-order valence-electron chi connectivity index (χ1n) is 7.45. The van der Waals surface area contributed by atoms with Crippen LogP contribution in [-0.2, 0) is 4.79 Å². The first-order chi connectivity index (χ1) is 10.7. The zero-order valence-corrected chi connectivity index (χ0v) is 12.8. The summed E-state index contributed by atoms with van der Waals surface area (Å²) in [7, 11) is 0. The molecule has 1 aliphatic rings. The number of amides is 1. The van der Waals surface area contributed by atoms with Gasteiger partial charge in [-0.05, 0) is 0 Å². The number of rotatable bonds is 8. The van der Waals surface area contributed by atoms with E-state index in [-0.39, 0.29) is 37.8 Å². The predicted octanol–water partition coefficient (Wildman–Crippen LogP) is -2.22. The maximum absolute atomic E-state index is 12.4. The third-order valence-corrected chi connectivity index (χ3v) is 3.54. The maximum Gasteiger partial charge on any atom is 0.266 e. The highest BCUT2D eigenvalue weighted by atomic mass is 16.3. The molecular formula is C14H25N5O3. The molecule has 1 fully saturated rings. The lowest BCUT2D eigenvalue weighted by Gasteiger charge is -2.34. The second-order valence-corrected chi connectivity index (χ2v) is 5.06.